The van der Waals surface area contributed by atoms with Gasteiger partial charge >= 0.3 is 6.18 Å². The molecular formula is C24H24F3N3O. The summed E-state index contributed by atoms with van der Waals surface area (Å²) < 4.78 is 38.0. The zero-order valence-electron chi connectivity index (χ0n) is 17.2. The minimum atomic E-state index is -4.57. The first-order valence-electron chi connectivity index (χ1n) is 10.5. The third-order valence-corrected chi connectivity index (χ3v) is 6.04. The van der Waals surface area contributed by atoms with Gasteiger partial charge in [0.1, 0.15) is 5.78 Å². The van der Waals surface area contributed by atoms with Crippen LogP contribution in [-0.2, 0) is 11.0 Å². The molecule has 0 saturated heterocycles. The van der Waals surface area contributed by atoms with E-state index < -0.39 is 12.0 Å². The number of H-pyrrole nitrogens is 1. The van der Waals surface area contributed by atoms with Crippen molar-refractivity contribution in [2.24, 2.45) is 5.92 Å². The van der Waals surface area contributed by atoms with Crippen LogP contribution in [0.3, 0.4) is 0 Å². The first-order valence-corrected chi connectivity index (χ1v) is 10.5. The molecule has 0 aliphatic heterocycles. The Hall–Kier alpha value is -2.96. The number of alkyl halides is 3. The first kappa shape index (κ1) is 21.3. The predicted molar refractivity (Wildman–Crippen MR) is 112 cm³/mol. The van der Waals surface area contributed by atoms with Gasteiger partial charge in [0.15, 0.2) is 5.82 Å². The second kappa shape index (κ2) is 8.65. The maximum atomic E-state index is 12.7. The van der Waals surface area contributed by atoms with E-state index in [2.05, 4.69) is 39.4 Å². The van der Waals surface area contributed by atoms with Crippen LogP contribution >= 0.6 is 0 Å². The maximum Gasteiger partial charge on any atom is 0.453 e. The van der Waals surface area contributed by atoms with Crippen LogP contribution in [0.1, 0.15) is 56.3 Å². The van der Waals surface area contributed by atoms with Crippen LogP contribution in [0.15, 0.2) is 48.5 Å². The average molecular weight is 427 g/mol. The summed E-state index contributed by atoms with van der Waals surface area (Å²) in [6.45, 7) is 1.67. The van der Waals surface area contributed by atoms with Gasteiger partial charge < -0.3 is 4.79 Å². The second-order valence-corrected chi connectivity index (χ2v) is 8.33. The molecule has 1 N–H and O–H groups in total. The monoisotopic (exact) mass is 427 g/mol. The largest absolute Gasteiger partial charge is 0.453 e. The molecule has 0 spiro atoms. The molecule has 1 aliphatic rings. The topological polar surface area (TPSA) is 58.6 Å². The van der Waals surface area contributed by atoms with Crippen molar-refractivity contribution in [3.05, 3.63) is 59.9 Å². The number of aromatic amines is 1. The molecule has 0 amide bonds. The van der Waals surface area contributed by atoms with Crippen LogP contribution in [0.2, 0.25) is 0 Å². The van der Waals surface area contributed by atoms with E-state index in [1.807, 2.05) is 12.1 Å². The fourth-order valence-electron chi connectivity index (χ4n) is 4.39. The van der Waals surface area contributed by atoms with Crippen molar-refractivity contribution in [2.75, 3.05) is 0 Å². The Labute approximate surface area is 178 Å². The summed E-state index contributed by atoms with van der Waals surface area (Å²) in [6.07, 6.45) is 0.568. The lowest BCUT2D eigenvalue weighted by molar-refractivity contribution is -0.144. The number of hydrogen-bond donors (Lipinski definition) is 1. The highest BCUT2D eigenvalue weighted by atomic mass is 19.4. The number of hydrogen-bond acceptors (Lipinski definition) is 3. The maximum absolute atomic E-state index is 12.7. The summed E-state index contributed by atoms with van der Waals surface area (Å²) in [5, 5.41) is 5.58. The summed E-state index contributed by atoms with van der Waals surface area (Å²) in [7, 11) is 0. The fraction of sp³-hybridized carbons (Fsp3) is 0.375. The van der Waals surface area contributed by atoms with Gasteiger partial charge in [-0.1, -0.05) is 48.5 Å². The molecule has 2 aromatic carbocycles. The number of nitrogens with zero attached hydrogens (tertiary/aromatic N) is 2. The van der Waals surface area contributed by atoms with Crippen molar-refractivity contribution in [1.82, 2.24) is 15.2 Å². The molecule has 31 heavy (non-hydrogen) atoms. The molecule has 162 valence electrons. The number of Topliss-reactive ketones (excluding diaryl/α,β-unsaturated/α-hetero) is 1. The van der Waals surface area contributed by atoms with Crippen molar-refractivity contribution < 1.29 is 18.0 Å². The Kier molecular flexibility index (Phi) is 5.94. The lowest BCUT2D eigenvalue weighted by Crippen LogP contribution is -2.15. The van der Waals surface area contributed by atoms with E-state index in [4.69, 9.17) is 0 Å². The minimum absolute atomic E-state index is 0.0922. The summed E-state index contributed by atoms with van der Waals surface area (Å²) in [6, 6.07) is 15.7. The highest BCUT2D eigenvalue weighted by molar-refractivity contribution is 5.75. The van der Waals surface area contributed by atoms with E-state index >= 15 is 0 Å². The first-order chi connectivity index (χ1) is 14.8. The molecule has 0 unspecified atom stereocenters. The van der Waals surface area contributed by atoms with Crippen molar-refractivity contribution >= 4 is 5.78 Å². The third-order valence-electron chi connectivity index (χ3n) is 6.04. The highest BCUT2D eigenvalue weighted by Crippen LogP contribution is 2.38. The molecule has 4 nitrogen and oxygen atoms in total. The molecule has 1 saturated carbocycles. The van der Waals surface area contributed by atoms with Crippen LogP contribution < -0.4 is 0 Å². The molecule has 1 aliphatic carbocycles. The van der Waals surface area contributed by atoms with Crippen molar-refractivity contribution in [2.45, 2.75) is 51.1 Å². The second-order valence-electron chi connectivity index (χ2n) is 8.33. The lowest BCUT2D eigenvalue weighted by atomic mass is 9.77. The lowest BCUT2D eigenvalue weighted by Gasteiger charge is -2.28. The summed E-state index contributed by atoms with van der Waals surface area (Å²) >= 11 is 0. The molecule has 0 bridgehead atoms. The number of rotatable bonds is 5. The van der Waals surface area contributed by atoms with Gasteiger partial charge in [-0.2, -0.15) is 13.2 Å². The zero-order chi connectivity index (χ0) is 22.0. The number of ketones is 1. The molecule has 0 radical (unpaired) electrons. The SMILES string of the molecule is CC(=O)C[C@H]1CC[C@H](c2ccc(-c3ccc(-c4nc(C(F)(F)F)n[nH]4)cc3)cc2)CC1. The van der Waals surface area contributed by atoms with E-state index in [0.29, 0.717) is 23.8 Å². The molecule has 4 rings (SSSR count). The molecule has 1 heterocycles. The van der Waals surface area contributed by atoms with E-state index in [0.717, 1.165) is 36.8 Å². The summed E-state index contributed by atoms with van der Waals surface area (Å²) in [4.78, 5) is 14.9. The Bertz CT molecular complexity index is 1030. The van der Waals surface area contributed by atoms with Crippen LogP contribution in [-0.4, -0.2) is 21.0 Å². The standard InChI is InChI=1S/C24H24F3N3O/c1-15(31)14-16-2-4-17(5-3-16)18-6-8-19(9-7-18)20-10-12-21(13-11-20)22-28-23(30-29-22)24(25,26)27/h6-13,16-17H,2-5,14H2,1H3,(H,28,29,30)/t16-,17-. The molecule has 0 atom stereocenters. The van der Waals surface area contributed by atoms with Gasteiger partial charge in [0.2, 0.25) is 0 Å². The Morgan fingerprint density at radius 3 is 2.00 bits per heavy atom. The van der Waals surface area contributed by atoms with E-state index in [-0.39, 0.29) is 11.6 Å². The Morgan fingerprint density at radius 1 is 0.935 bits per heavy atom. The normalized spacial score (nSPS) is 19.4. The van der Waals surface area contributed by atoms with Gasteiger partial charge in [-0.15, -0.1) is 5.10 Å². The Balaban J connectivity index is 1.41. The van der Waals surface area contributed by atoms with Gasteiger partial charge in [-0.05, 0) is 61.1 Å². The molecule has 3 aromatic rings. The Morgan fingerprint density at radius 2 is 1.48 bits per heavy atom. The number of nitrogens with one attached hydrogen (secondary N) is 1. The molecule has 7 heteroatoms. The van der Waals surface area contributed by atoms with Gasteiger partial charge in [-0.25, -0.2) is 4.98 Å². The highest BCUT2D eigenvalue weighted by Gasteiger charge is 2.36. The van der Waals surface area contributed by atoms with E-state index in [1.165, 1.54) is 5.56 Å². The minimum Gasteiger partial charge on any atom is -0.300 e. The quantitative estimate of drug-likeness (QED) is 0.512. The number of carbonyl (C=O) groups excluding carboxylic acids is 1. The van der Waals surface area contributed by atoms with Crippen molar-refractivity contribution in [3.63, 3.8) is 0 Å². The van der Waals surface area contributed by atoms with Crippen molar-refractivity contribution in [3.8, 4) is 22.5 Å². The van der Waals surface area contributed by atoms with Crippen LogP contribution in [0.25, 0.3) is 22.5 Å². The molecular weight excluding hydrogens is 403 g/mol. The van der Waals surface area contributed by atoms with Gasteiger partial charge in [0.05, 0.1) is 0 Å². The fourth-order valence-corrected chi connectivity index (χ4v) is 4.39. The van der Waals surface area contributed by atoms with E-state index in [1.54, 1.807) is 19.1 Å². The van der Waals surface area contributed by atoms with Crippen LogP contribution in [0.5, 0.6) is 0 Å². The van der Waals surface area contributed by atoms with Crippen LogP contribution in [0, 0.1) is 5.92 Å². The van der Waals surface area contributed by atoms with Gasteiger partial charge in [0, 0.05) is 12.0 Å². The zero-order valence-corrected chi connectivity index (χ0v) is 17.2. The smallest absolute Gasteiger partial charge is 0.300 e. The number of halogens is 3. The number of benzene rings is 2. The van der Waals surface area contributed by atoms with E-state index in [9.17, 15) is 18.0 Å². The third kappa shape index (κ3) is 5.03. The summed E-state index contributed by atoms with van der Waals surface area (Å²) in [5.74, 6) is 0.270. The number of aromatic nitrogens is 3. The average Bonchev–Trinajstić information content (AvgIpc) is 3.25. The molecule has 1 fully saturated rings. The number of carbonyl (C=O) groups is 1. The van der Waals surface area contributed by atoms with Gasteiger partial charge in [-0.3, -0.25) is 5.10 Å². The van der Waals surface area contributed by atoms with Crippen LogP contribution in [0.4, 0.5) is 13.2 Å². The predicted octanol–water partition coefficient (Wildman–Crippen LogP) is 6.41. The van der Waals surface area contributed by atoms with Gasteiger partial charge in [0.25, 0.3) is 5.82 Å². The van der Waals surface area contributed by atoms with Crippen molar-refractivity contribution in [1.29, 1.82) is 0 Å². The summed E-state index contributed by atoms with van der Waals surface area (Å²) in [5.41, 5.74) is 3.90. The molecule has 1 aromatic heterocycles.